The highest BCUT2D eigenvalue weighted by molar-refractivity contribution is 7.90. The molecule has 0 fully saturated rings. The van der Waals surface area contributed by atoms with Crippen LogP contribution in [-0.4, -0.2) is 50.5 Å². The quantitative estimate of drug-likeness (QED) is 0.775. The van der Waals surface area contributed by atoms with Gasteiger partial charge in [0.05, 0.1) is 25.6 Å². The van der Waals surface area contributed by atoms with Crippen molar-refractivity contribution in [3.8, 4) is 5.75 Å². The summed E-state index contributed by atoms with van der Waals surface area (Å²) in [5.41, 5.74) is 1.17. The van der Waals surface area contributed by atoms with Gasteiger partial charge in [0.2, 0.25) is 0 Å². The minimum absolute atomic E-state index is 0.0208. The maximum Gasteiger partial charge on any atom is 0.149 e. The van der Waals surface area contributed by atoms with Crippen molar-refractivity contribution in [1.82, 2.24) is 0 Å². The Labute approximate surface area is 108 Å². The summed E-state index contributed by atoms with van der Waals surface area (Å²) in [6.45, 7) is 2.29. The Morgan fingerprint density at radius 2 is 1.72 bits per heavy atom. The Kier molecular flexibility index (Phi) is 8.36. The first-order chi connectivity index (χ1) is 8.35. The SMILES string of the molecule is CS(=O)(=O)CCOCCO.Cc1ccc(O)cc1. The van der Waals surface area contributed by atoms with Gasteiger partial charge in [0.15, 0.2) is 0 Å². The molecule has 0 saturated carbocycles. The third-order valence-electron chi connectivity index (χ3n) is 1.87. The molecule has 0 atom stereocenters. The molecule has 1 rings (SSSR count). The minimum Gasteiger partial charge on any atom is -0.508 e. The second-order valence-corrected chi connectivity index (χ2v) is 6.06. The molecule has 1 aromatic rings. The van der Waals surface area contributed by atoms with Crippen molar-refractivity contribution >= 4 is 9.84 Å². The summed E-state index contributed by atoms with van der Waals surface area (Å²) in [6, 6.07) is 7.09. The van der Waals surface area contributed by atoms with E-state index in [1.54, 1.807) is 12.1 Å². The van der Waals surface area contributed by atoms with Gasteiger partial charge in [-0.05, 0) is 19.1 Å². The van der Waals surface area contributed by atoms with Crippen molar-refractivity contribution in [3.63, 3.8) is 0 Å². The molecule has 0 unspecified atom stereocenters. The molecule has 0 aliphatic carbocycles. The molecule has 2 N–H and O–H groups in total. The second-order valence-electron chi connectivity index (χ2n) is 3.80. The first-order valence-corrected chi connectivity index (χ1v) is 7.53. The molecule has 18 heavy (non-hydrogen) atoms. The summed E-state index contributed by atoms with van der Waals surface area (Å²) in [7, 11) is -2.91. The first kappa shape index (κ1) is 16.9. The van der Waals surface area contributed by atoms with Crippen LogP contribution in [0.1, 0.15) is 5.56 Å². The van der Waals surface area contributed by atoms with Crippen LogP contribution in [0.15, 0.2) is 24.3 Å². The van der Waals surface area contributed by atoms with Gasteiger partial charge in [0, 0.05) is 6.26 Å². The van der Waals surface area contributed by atoms with E-state index < -0.39 is 9.84 Å². The minimum atomic E-state index is -2.91. The van der Waals surface area contributed by atoms with Gasteiger partial charge in [-0.2, -0.15) is 0 Å². The van der Waals surface area contributed by atoms with E-state index in [4.69, 9.17) is 14.9 Å². The molecule has 0 bridgehead atoms. The van der Waals surface area contributed by atoms with Crippen LogP contribution in [0, 0.1) is 6.92 Å². The maximum atomic E-state index is 10.5. The average molecular weight is 276 g/mol. The molecule has 0 aliphatic heterocycles. The van der Waals surface area contributed by atoms with Crippen LogP contribution < -0.4 is 0 Å². The summed E-state index contributed by atoms with van der Waals surface area (Å²) in [5, 5.41) is 17.0. The van der Waals surface area contributed by atoms with Gasteiger partial charge in [-0.1, -0.05) is 17.7 Å². The topological polar surface area (TPSA) is 83.8 Å². The highest BCUT2D eigenvalue weighted by Crippen LogP contribution is 2.07. The molecule has 104 valence electrons. The van der Waals surface area contributed by atoms with E-state index in [9.17, 15) is 8.42 Å². The number of rotatable bonds is 5. The summed E-state index contributed by atoms with van der Waals surface area (Å²) in [4.78, 5) is 0. The highest BCUT2D eigenvalue weighted by atomic mass is 32.2. The number of aromatic hydroxyl groups is 1. The molecule has 0 amide bonds. The third kappa shape index (κ3) is 11.4. The van der Waals surface area contributed by atoms with E-state index in [1.807, 2.05) is 19.1 Å². The number of aryl methyl sites for hydroxylation is 1. The standard InChI is InChI=1S/C7H8O.C5H12O4S/c1-6-2-4-7(8)5-3-6;1-10(7,8)5-4-9-3-2-6/h2-5,8H,1H3;6H,2-5H2,1H3. The van der Waals surface area contributed by atoms with Crippen molar-refractivity contribution in [2.24, 2.45) is 0 Å². The number of benzene rings is 1. The molecule has 5 nitrogen and oxygen atoms in total. The molecule has 0 aromatic heterocycles. The zero-order valence-corrected chi connectivity index (χ0v) is 11.5. The number of aliphatic hydroxyl groups is 1. The fourth-order valence-electron chi connectivity index (χ4n) is 0.922. The number of phenolic OH excluding ortho intramolecular Hbond substituents is 1. The normalized spacial score (nSPS) is 10.6. The van der Waals surface area contributed by atoms with Crippen LogP contribution in [0.25, 0.3) is 0 Å². The molecular formula is C12H20O5S. The van der Waals surface area contributed by atoms with Gasteiger partial charge in [0.25, 0.3) is 0 Å². The van der Waals surface area contributed by atoms with Crippen LogP contribution in [-0.2, 0) is 14.6 Å². The predicted molar refractivity (Wildman–Crippen MR) is 70.5 cm³/mol. The molecule has 6 heteroatoms. The number of phenols is 1. The predicted octanol–water partition coefficient (Wildman–Crippen LogP) is 0.741. The number of ether oxygens (including phenoxy) is 1. The van der Waals surface area contributed by atoms with Crippen LogP contribution in [0.5, 0.6) is 5.75 Å². The summed E-state index contributed by atoms with van der Waals surface area (Å²) in [6.07, 6.45) is 1.15. The Morgan fingerprint density at radius 3 is 2.11 bits per heavy atom. The number of aliphatic hydroxyl groups excluding tert-OH is 1. The van der Waals surface area contributed by atoms with Gasteiger partial charge in [-0.25, -0.2) is 8.42 Å². The largest absolute Gasteiger partial charge is 0.508 e. The monoisotopic (exact) mass is 276 g/mol. The average Bonchev–Trinajstić information content (AvgIpc) is 2.28. The van der Waals surface area contributed by atoms with Gasteiger partial charge in [-0.15, -0.1) is 0 Å². The zero-order valence-electron chi connectivity index (χ0n) is 10.7. The fourth-order valence-corrected chi connectivity index (χ4v) is 1.34. The molecule has 1 aromatic carbocycles. The van der Waals surface area contributed by atoms with Crippen LogP contribution in [0.4, 0.5) is 0 Å². The lowest BCUT2D eigenvalue weighted by Gasteiger charge is -1.98. The number of hydrogen-bond donors (Lipinski definition) is 2. The third-order valence-corrected chi connectivity index (χ3v) is 2.78. The van der Waals surface area contributed by atoms with Crippen molar-refractivity contribution in [2.45, 2.75) is 6.92 Å². The summed E-state index contributed by atoms with van der Waals surface area (Å²) in [5.74, 6) is 0.350. The van der Waals surface area contributed by atoms with E-state index in [0.29, 0.717) is 5.75 Å². The Bertz CT molecular complexity index is 390. The van der Waals surface area contributed by atoms with Crippen LogP contribution in [0.3, 0.4) is 0 Å². The van der Waals surface area contributed by atoms with Crippen LogP contribution >= 0.6 is 0 Å². The van der Waals surface area contributed by atoms with Crippen molar-refractivity contribution < 1.29 is 23.4 Å². The van der Waals surface area contributed by atoms with Crippen molar-refractivity contribution in [1.29, 1.82) is 0 Å². The van der Waals surface area contributed by atoms with Crippen molar-refractivity contribution in [3.05, 3.63) is 29.8 Å². The van der Waals surface area contributed by atoms with E-state index in [2.05, 4.69) is 0 Å². The van der Waals surface area contributed by atoms with E-state index in [-0.39, 0.29) is 25.6 Å². The number of hydrogen-bond acceptors (Lipinski definition) is 5. The van der Waals surface area contributed by atoms with E-state index in [1.165, 1.54) is 5.56 Å². The van der Waals surface area contributed by atoms with E-state index >= 15 is 0 Å². The maximum absolute atomic E-state index is 10.5. The zero-order chi connectivity index (χ0) is 14.0. The van der Waals surface area contributed by atoms with Gasteiger partial charge < -0.3 is 14.9 Å². The molecule has 0 heterocycles. The first-order valence-electron chi connectivity index (χ1n) is 5.47. The second kappa shape index (κ2) is 8.91. The Hall–Kier alpha value is -1.11. The van der Waals surface area contributed by atoms with Gasteiger partial charge in [-0.3, -0.25) is 0 Å². The fraction of sp³-hybridized carbons (Fsp3) is 0.500. The number of sulfone groups is 1. The Balaban J connectivity index is 0.000000327. The van der Waals surface area contributed by atoms with Crippen LogP contribution in [0.2, 0.25) is 0 Å². The lowest BCUT2D eigenvalue weighted by molar-refractivity contribution is 0.103. The summed E-state index contributed by atoms with van der Waals surface area (Å²) >= 11 is 0. The van der Waals surface area contributed by atoms with E-state index in [0.717, 1.165) is 6.26 Å². The lowest BCUT2D eigenvalue weighted by Crippen LogP contribution is -2.11. The van der Waals surface area contributed by atoms with Gasteiger partial charge >= 0.3 is 0 Å². The molecule has 0 spiro atoms. The summed E-state index contributed by atoms with van der Waals surface area (Å²) < 4.78 is 25.6. The molecule has 0 aliphatic rings. The smallest absolute Gasteiger partial charge is 0.149 e. The molecule has 0 radical (unpaired) electrons. The molecular weight excluding hydrogens is 256 g/mol. The van der Waals surface area contributed by atoms with Gasteiger partial charge in [0.1, 0.15) is 15.6 Å². The van der Waals surface area contributed by atoms with Crippen molar-refractivity contribution in [2.75, 3.05) is 31.8 Å². The Morgan fingerprint density at radius 1 is 1.17 bits per heavy atom. The molecule has 0 saturated heterocycles. The lowest BCUT2D eigenvalue weighted by atomic mass is 10.2. The highest BCUT2D eigenvalue weighted by Gasteiger charge is 1.99.